The van der Waals surface area contributed by atoms with Crippen molar-refractivity contribution in [1.29, 1.82) is 5.26 Å². The first-order valence-electron chi connectivity index (χ1n) is 5.84. The third kappa shape index (κ3) is 3.53. The van der Waals surface area contributed by atoms with Crippen LogP contribution in [0.4, 0.5) is 5.69 Å². The number of carbonyl (C=O) groups excluding carboxylic acids is 1. The van der Waals surface area contributed by atoms with Crippen LogP contribution in [0.1, 0.15) is 10.4 Å². The van der Waals surface area contributed by atoms with Gasteiger partial charge >= 0.3 is 0 Å². The van der Waals surface area contributed by atoms with Crippen molar-refractivity contribution in [3.63, 3.8) is 0 Å². The average Bonchev–Trinajstić information content (AvgIpc) is 2.49. The Kier molecular flexibility index (Phi) is 4.64. The fourth-order valence-electron chi connectivity index (χ4n) is 1.60. The number of anilines is 1. The third-order valence-electron chi connectivity index (χ3n) is 2.63. The Morgan fingerprint density at radius 2 is 1.80 bits per heavy atom. The van der Waals surface area contributed by atoms with Gasteiger partial charge in [0.15, 0.2) is 0 Å². The van der Waals surface area contributed by atoms with Crippen molar-refractivity contribution < 1.29 is 9.53 Å². The van der Waals surface area contributed by atoms with Gasteiger partial charge in [-0.25, -0.2) is 0 Å². The van der Waals surface area contributed by atoms with Crippen LogP contribution in [0.3, 0.4) is 0 Å². The van der Waals surface area contributed by atoms with Gasteiger partial charge in [-0.3, -0.25) is 4.79 Å². The fraction of sp³-hybridized carbons (Fsp3) is 0.0667. The van der Waals surface area contributed by atoms with E-state index < -0.39 is 0 Å². The van der Waals surface area contributed by atoms with Crippen LogP contribution in [0.5, 0.6) is 5.75 Å². The molecule has 0 atom stereocenters. The highest BCUT2D eigenvalue weighted by atomic mass is 32.2. The smallest absolute Gasteiger partial charge is 0.255 e. The molecule has 0 bridgehead atoms. The van der Waals surface area contributed by atoms with Gasteiger partial charge in [-0.05, 0) is 60.3 Å². The topological polar surface area (TPSA) is 62.1 Å². The Balaban J connectivity index is 2.05. The number of ether oxygens (including phenoxy) is 1. The van der Waals surface area contributed by atoms with Crippen LogP contribution in [-0.4, -0.2) is 13.0 Å². The van der Waals surface area contributed by atoms with Crippen LogP contribution >= 0.6 is 11.8 Å². The number of thiocyanates is 1. The maximum atomic E-state index is 12.0. The zero-order chi connectivity index (χ0) is 14.4. The van der Waals surface area contributed by atoms with Gasteiger partial charge in [0, 0.05) is 16.1 Å². The second-order valence-corrected chi connectivity index (χ2v) is 4.76. The molecule has 0 spiro atoms. The van der Waals surface area contributed by atoms with Crippen molar-refractivity contribution in [3.05, 3.63) is 54.1 Å². The van der Waals surface area contributed by atoms with Crippen molar-refractivity contribution in [2.24, 2.45) is 0 Å². The largest absolute Gasteiger partial charge is 0.497 e. The molecule has 0 fully saturated rings. The Morgan fingerprint density at radius 1 is 1.15 bits per heavy atom. The number of nitrogens with one attached hydrogen (secondary N) is 1. The number of amides is 1. The van der Waals surface area contributed by atoms with E-state index in [1.165, 1.54) is 0 Å². The minimum Gasteiger partial charge on any atom is -0.497 e. The maximum absolute atomic E-state index is 12.0. The molecule has 0 aliphatic rings. The lowest BCUT2D eigenvalue weighted by atomic mass is 10.2. The molecule has 0 aromatic heterocycles. The molecular formula is C15H12N2O2S. The summed E-state index contributed by atoms with van der Waals surface area (Å²) < 4.78 is 5.04. The van der Waals surface area contributed by atoms with Gasteiger partial charge in [0.1, 0.15) is 11.2 Å². The van der Waals surface area contributed by atoms with Crippen molar-refractivity contribution in [2.75, 3.05) is 12.4 Å². The number of nitrogens with zero attached hydrogens (tertiary/aromatic N) is 1. The number of hydrogen-bond donors (Lipinski definition) is 1. The molecule has 0 radical (unpaired) electrons. The lowest BCUT2D eigenvalue weighted by Crippen LogP contribution is -2.11. The van der Waals surface area contributed by atoms with Gasteiger partial charge in [0.05, 0.1) is 7.11 Å². The van der Waals surface area contributed by atoms with E-state index in [1.54, 1.807) is 55.6 Å². The molecule has 2 aromatic carbocycles. The molecule has 0 saturated heterocycles. The molecule has 100 valence electrons. The minimum absolute atomic E-state index is 0.187. The third-order valence-corrected chi connectivity index (χ3v) is 3.23. The number of hydrogen-bond acceptors (Lipinski definition) is 4. The summed E-state index contributed by atoms with van der Waals surface area (Å²) in [6, 6.07) is 14.0. The van der Waals surface area contributed by atoms with Gasteiger partial charge in [0.25, 0.3) is 5.91 Å². The summed E-state index contributed by atoms with van der Waals surface area (Å²) in [5.41, 5.74) is 1.24. The first-order valence-corrected chi connectivity index (χ1v) is 6.66. The molecule has 2 aromatic rings. The molecule has 0 saturated carbocycles. The Bertz CT molecular complexity index is 630. The number of methoxy groups -OCH3 is 1. The van der Waals surface area contributed by atoms with Crippen LogP contribution in [0, 0.1) is 10.7 Å². The second-order valence-electron chi connectivity index (χ2n) is 3.90. The fourth-order valence-corrected chi connectivity index (χ4v) is 1.98. The van der Waals surface area contributed by atoms with E-state index in [0.717, 1.165) is 16.7 Å². The molecule has 5 heteroatoms. The van der Waals surface area contributed by atoms with E-state index in [-0.39, 0.29) is 5.91 Å². The van der Waals surface area contributed by atoms with Crippen LogP contribution in [0.15, 0.2) is 53.4 Å². The maximum Gasteiger partial charge on any atom is 0.255 e. The quantitative estimate of drug-likeness (QED) is 0.689. The Labute approximate surface area is 121 Å². The van der Waals surface area contributed by atoms with Crippen molar-refractivity contribution in [2.45, 2.75) is 4.90 Å². The summed E-state index contributed by atoms with van der Waals surface area (Å²) in [7, 11) is 1.58. The summed E-state index contributed by atoms with van der Waals surface area (Å²) in [5, 5.41) is 13.4. The Morgan fingerprint density at radius 3 is 2.35 bits per heavy atom. The lowest BCUT2D eigenvalue weighted by Gasteiger charge is -2.06. The molecule has 0 aliphatic heterocycles. The lowest BCUT2D eigenvalue weighted by molar-refractivity contribution is 0.102. The van der Waals surface area contributed by atoms with Crippen molar-refractivity contribution in [3.8, 4) is 11.2 Å². The van der Waals surface area contributed by atoms with Gasteiger partial charge in [-0.15, -0.1) is 0 Å². The van der Waals surface area contributed by atoms with Gasteiger partial charge in [-0.2, -0.15) is 5.26 Å². The molecule has 20 heavy (non-hydrogen) atoms. The second kappa shape index (κ2) is 6.64. The standard InChI is InChI=1S/C15H12N2O2S/c1-19-13-6-2-11(3-7-13)15(18)17-12-4-8-14(9-5-12)20-10-16/h2-9H,1H3,(H,17,18). The summed E-state index contributed by atoms with van der Waals surface area (Å²) in [5.74, 6) is 0.521. The van der Waals surface area contributed by atoms with E-state index in [4.69, 9.17) is 10.00 Å². The van der Waals surface area contributed by atoms with Gasteiger partial charge in [0.2, 0.25) is 0 Å². The normalized spacial score (nSPS) is 9.60. The summed E-state index contributed by atoms with van der Waals surface area (Å²) >= 11 is 1.08. The van der Waals surface area contributed by atoms with Gasteiger partial charge < -0.3 is 10.1 Å². The molecule has 2 rings (SSSR count). The minimum atomic E-state index is -0.187. The number of rotatable bonds is 4. The molecule has 1 amide bonds. The van der Waals surface area contributed by atoms with Crippen molar-refractivity contribution >= 4 is 23.4 Å². The number of benzene rings is 2. The first-order chi connectivity index (χ1) is 9.72. The van der Waals surface area contributed by atoms with Gasteiger partial charge in [-0.1, -0.05) is 0 Å². The first kappa shape index (κ1) is 14.0. The predicted molar refractivity (Wildman–Crippen MR) is 78.9 cm³/mol. The molecule has 1 N–H and O–H groups in total. The van der Waals surface area contributed by atoms with E-state index in [9.17, 15) is 4.79 Å². The zero-order valence-electron chi connectivity index (χ0n) is 10.8. The Hall–Kier alpha value is -2.45. The van der Waals surface area contributed by atoms with Crippen LogP contribution < -0.4 is 10.1 Å². The zero-order valence-corrected chi connectivity index (χ0v) is 11.6. The number of thioether (sulfide) groups is 1. The summed E-state index contributed by atoms with van der Waals surface area (Å²) in [4.78, 5) is 12.9. The molecule has 4 nitrogen and oxygen atoms in total. The van der Waals surface area contributed by atoms with E-state index in [1.807, 2.05) is 5.40 Å². The monoisotopic (exact) mass is 284 g/mol. The van der Waals surface area contributed by atoms with Crippen molar-refractivity contribution in [1.82, 2.24) is 0 Å². The highest BCUT2D eigenvalue weighted by Gasteiger charge is 2.06. The highest BCUT2D eigenvalue weighted by molar-refractivity contribution is 8.03. The van der Waals surface area contributed by atoms with E-state index >= 15 is 0 Å². The SMILES string of the molecule is COc1ccc(C(=O)Nc2ccc(SC#N)cc2)cc1. The highest BCUT2D eigenvalue weighted by Crippen LogP contribution is 2.19. The summed E-state index contributed by atoms with van der Waals surface area (Å²) in [6.07, 6.45) is 0. The van der Waals surface area contributed by atoms with E-state index in [2.05, 4.69) is 5.32 Å². The van der Waals surface area contributed by atoms with Crippen LogP contribution in [0.2, 0.25) is 0 Å². The molecule has 0 heterocycles. The van der Waals surface area contributed by atoms with E-state index in [0.29, 0.717) is 17.0 Å². The van der Waals surface area contributed by atoms with Crippen LogP contribution in [-0.2, 0) is 0 Å². The predicted octanol–water partition coefficient (Wildman–Crippen LogP) is 3.52. The molecule has 0 unspecified atom stereocenters. The summed E-state index contributed by atoms with van der Waals surface area (Å²) in [6.45, 7) is 0. The van der Waals surface area contributed by atoms with Crippen LogP contribution in [0.25, 0.3) is 0 Å². The number of nitriles is 1. The number of carbonyl (C=O) groups is 1. The average molecular weight is 284 g/mol. The molecule has 0 aliphatic carbocycles. The molecular weight excluding hydrogens is 272 g/mol.